The standard InChI is InChI=1S/C20H21N5O2/c1-24(14-18-22-20(23-27-18)16-7-9-21-10-8-16)12-15-11-19(26)25(13-15)17-5-3-2-4-6-17/h2-10,15H,11-14H2,1H3/t15-/m1/s1. The maximum atomic E-state index is 12.3. The average molecular weight is 363 g/mol. The summed E-state index contributed by atoms with van der Waals surface area (Å²) in [4.78, 5) is 24.8. The van der Waals surface area contributed by atoms with E-state index >= 15 is 0 Å². The molecule has 4 rings (SSSR count). The molecule has 0 radical (unpaired) electrons. The summed E-state index contributed by atoms with van der Waals surface area (Å²) in [7, 11) is 2.01. The number of hydrogen-bond donors (Lipinski definition) is 0. The lowest BCUT2D eigenvalue weighted by molar-refractivity contribution is -0.117. The van der Waals surface area contributed by atoms with Crippen LogP contribution in [0, 0.1) is 5.92 Å². The molecule has 1 aliphatic rings. The first-order chi connectivity index (χ1) is 13.2. The van der Waals surface area contributed by atoms with Crippen molar-refractivity contribution in [2.24, 2.45) is 5.92 Å². The third-order valence-electron chi connectivity index (χ3n) is 4.65. The maximum Gasteiger partial charge on any atom is 0.241 e. The van der Waals surface area contributed by atoms with Crippen molar-refractivity contribution < 1.29 is 9.32 Å². The fourth-order valence-corrected chi connectivity index (χ4v) is 3.43. The van der Waals surface area contributed by atoms with E-state index in [4.69, 9.17) is 4.52 Å². The van der Waals surface area contributed by atoms with Gasteiger partial charge in [-0.15, -0.1) is 0 Å². The van der Waals surface area contributed by atoms with E-state index in [1.165, 1.54) is 0 Å². The molecule has 0 aliphatic carbocycles. The van der Waals surface area contributed by atoms with Crippen molar-refractivity contribution in [2.45, 2.75) is 13.0 Å². The molecule has 1 saturated heterocycles. The molecule has 1 amide bonds. The molecule has 1 fully saturated rings. The summed E-state index contributed by atoms with van der Waals surface area (Å²) in [5.41, 5.74) is 1.84. The highest BCUT2D eigenvalue weighted by Crippen LogP contribution is 2.25. The summed E-state index contributed by atoms with van der Waals surface area (Å²) in [5.74, 6) is 1.59. The third-order valence-corrected chi connectivity index (χ3v) is 4.65. The third kappa shape index (κ3) is 4.03. The molecule has 3 heterocycles. The van der Waals surface area contributed by atoms with Gasteiger partial charge >= 0.3 is 0 Å². The largest absolute Gasteiger partial charge is 0.338 e. The molecule has 138 valence electrons. The molecule has 1 aromatic carbocycles. The Bertz CT molecular complexity index is 897. The molecular formula is C20H21N5O2. The number of carbonyl (C=O) groups is 1. The second-order valence-electron chi connectivity index (χ2n) is 6.85. The molecule has 7 heteroatoms. The Morgan fingerprint density at radius 3 is 2.74 bits per heavy atom. The summed E-state index contributed by atoms with van der Waals surface area (Å²) in [6, 6.07) is 13.5. The molecule has 3 aromatic rings. The average Bonchev–Trinajstić information content (AvgIpc) is 3.29. The predicted molar refractivity (Wildman–Crippen MR) is 101 cm³/mol. The molecule has 0 saturated carbocycles. The monoisotopic (exact) mass is 363 g/mol. The molecule has 1 atom stereocenters. The Morgan fingerprint density at radius 2 is 1.96 bits per heavy atom. The van der Waals surface area contributed by atoms with Gasteiger partial charge in [-0.1, -0.05) is 23.4 Å². The second kappa shape index (κ2) is 7.67. The second-order valence-corrected chi connectivity index (χ2v) is 6.85. The van der Waals surface area contributed by atoms with Crippen LogP contribution in [0.1, 0.15) is 12.3 Å². The first kappa shape index (κ1) is 17.4. The van der Waals surface area contributed by atoms with Gasteiger partial charge in [-0.2, -0.15) is 4.98 Å². The van der Waals surface area contributed by atoms with Crippen LogP contribution in [-0.2, 0) is 11.3 Å². The summed E-state index contributed by atoms with van der Waals surface area (Å²) >= 11 is 0. The smallest absolute Gasteiger partial charge is 0.241 e. The van der Waals surface area contributed by atoms with Crippen molar-refractivity contribution in [1.29, 1.82) is 0 Å². The highest BCUT2D eigenvalue weighted by molar-refractivity contribution is 5.95. The molecular weight excluding hydrogens is 342 g/mol. The van der Waals surface area contributed by atoms with E-state index in [-0.39, 0.29) is 11.8 Å². The first-order valence-electron chi connectivity index (χ1n) is 8.96. The van der Waals surface area contributed by atoms with Gasteiger partial charge in [-0.25, -0.2) is 0 Å². The van der Waals surface area contributed by atoms with Crippen LogP contribution in [0.4, 0.5) is 5.69 Å². The number of para-hydroxylation sites is 1. The van der Waals surface area contributed by atoms with Crippen molar-refractivity contribution in [3.63, 3.8) is 0 Å². The number of hydrogen-bond acceptors (Lipinski definition) is 6. The molecule has 27 heavy (non-hydrogen) atoms. The van der Waals surface area contributed by atoms with Crippen LogP contribution in [0.25, 0.3) is 11.4 Å². The Kier molecular flexibility index (Phi) is 4.93. The normalized spacial score (nSPS) is 17.0. The van der Waals surface area contributed by atoms with Gasteiger partial charge in [0.05, 0.1) is 6.54 Å². The number of benzene rings is 1. The fourth-order valence-electron chi connectivity index (χ4n) is 3.43. The Hall–Kier alpha value is -3.06. The van der Waals surface area contributed by atoms with E-state index in [1.54, 1.807) is 12.4 Å². The molecule has 7 nitrogen and oxygen atoms in total. The summed E-state index contributed by atoms with van der Waals surface area (Å²) in [6.07, 6.45) is 3.96. The number of nitrogens with zero attached hydrogens (tertiary/aromatic N) is 5. The van der Waals surface area contributed by atoms with E-state index in [2.05, 4.69) is 20.0 Å². The Balaban J connectivity index is 1.34. The van der Waals surface area contributed by atoms with Crippen molar-refractivity contribution in [1.82, 2.24) is 20.0 Å². The molecule has 0 spiro atoms. The van der Waals surface area contributed by atoms with Gasteiger partial charge in [0.1, 0.15) is 0 Å². The quantitative estimate of drug-likeness (QED) is 0.670. The van der Waals surface area contributed by atoms with E-state index in [0.717, 1.165) is 24.3 Å². The number of pyridine rings is 1. The summed E-state index contributed by atoms with van der Waals surface area (Å²) in [5, 5.41) is 4.03. The number of aromatic nitrogens is 3. The van der Waals surface area contributed by atoms with Crippen LogP contribution in [0.5, 0.6) is 0 Å². The Morgan fingerprint density at radius 1 is 1.19 bits per heavy atom. The predicted octanol–water partition coefficient (Wildman–Crippen LogP) is 2.62. The number of rotatable bonds is 6. The lowest BCUT2D eigenvalue weighted by Crippen LogP contribution is -2.28. The minimum Gasteiger partial charge on any atom is -0.338 e. The van der Waals surface area contributed by atoms with Crippen molar-refractivity contribution >= 4 is 11.6 Å². The minimum atomic E-state index is 0.178. The molecule has 1 aliphatic heterocycles. The first-order valence-corrected chi connectivity index (χ1v) is 8.96. The topological polar surface area (TPSA) is 75.4 Å². The molecule has 0 N–H and O–H groups in total. The van der Waals surface area contributed by atoms with Gasteiger partial charge in [0.15, 0.2) is 0 Å². The molecule has 0 unspecified atom stereocenters. The maximum absolute atomic E-state index is 12.3. The van der Waals surface area contributed by atoms with Gasteiger partial charge in [0, 0.05) is 43.2 Å². The summed E-state index contributed by atoms with van der Waals surface area (Å²) < 4.78 is 5.37. The van der Waals surface area contributed by atoms with Crippen molar-refractivity contribution in [3.8, 4) is 11.4 Å². The van der Waals surface area contributed by atoms with Gasteiger partial charge in [0.25, 0.3) is 0 Å². The lowest BCUT2D eigenvalue weighted by atomic mass is 10.1. The SMILES string of the molecule is CN(Cc1nc(-c2ccncc2)no1)C[C@H]1CC(=O)N(c2ccccc2)C1. The van der Waals surface area contributed by atoms with Crippen LogP contribution in [0.3, 0.4) is 0 Å². The lowest BCUT2D eigenvalue weighted by Gasteiger charge is -2.20. The van der Waals surface area contributed by atoms with E-state index in [1.807, 2.05) is 54.4 Å². The zero-order valence-corrected chi connectivity index (χ0v) is 15.2. The number of carbonyl (C=O) groups excluding carboxylic acids is 1. The van der Waals surface area contributed by atoms with Crippen LogP contribution in [0.2, 0.25) is 0 Å². The molecule has 0 bridgehead atoms. The Labute approximate surface area is 157 Å². The van der Waals surface area contributed by atoms with Gasteiger partial charge in [-0.05, 0) is 37.2 Å². The minimum absolute atomic E-state index is 0.178. The van der Waals surface area contributed by atoms with Crippen molar-refractivity contribution in [2.75, 3.05) is 25.0 Å². The zero-order chi connectivity index (χ0) is 18.6. The van der Waals surface area contributed by atoms with E-state index < -0.39 is 0 Å². The number of anilines is 1. The number of amides is 1. The highest BCUT2D eigenvalue weighted by Gasteiger charge is 2.31. The summed E-state index contributed by atoms with van der Waals surface area (Å²) in [6.45, 7) is 2.08. The fraction of sp³-hybridized carbons (Fsp3) is 0.300. The zero-order valence-electron chi connectivity index (χ0n) is 15.2. The van der Waals surface area contributed by atoms with Crippen LogP contribution < -0.4 is 4.90 Å². The van der Waals surface area contributed by atoms with Gasteiger partial charge < -0.3 is 9.42 Å². The van der Waals surface area contributed by atoms with Crippen LogP contribution in [0.15, 0.2) is 59.4 Å². The molecule has 2 aromatic heterocycles. The van der Waals surface area contributed by atoms with E-state index in [0.29, 0.717) is 24.7 Å². The van der Waals surface area contributed by atoms with Crippen LogP contribution in [-0.4, -0.2) is 46.1 Å². The highest BCUT2D eigenvalue weighted by atomic mass is 16.5. The van der Waals surface area contributed by atoms with Crippen LogP contribution >= 0.6 is 0 Å². The van der Waals surface area contributed by atoms with E-state index in [9.17, 15) is 4.79 Å². The van der Waals surface area contributed by atoms with Gasteiger partial charge in [0.2, 0.25) is 17.6 Å². The van der Waals surface area contributed by atoms with Crippen molar-refractivity contribution in [3.05, 3.63) is 60.7 Å². The van der Waals surface area contributed by atoms with Gasteiger partial charge in [-0.3, -0.25) is 14.7 Å².